The zero-order valence-electron chi connectivity index (χ0n) is 12.8. The summed E-state index contributed by atoms with van der Waals surface area (Å²) < 4.78 is 16.6. The van der Waals surface area contributed by atoms with Crippen molar-refractivity contribution in [3.63, 3.8) is 0 Å². The van der Waals surface area contributed by atoms with Crippen LogP contribution in [-0.4, -0.2) is 25.4 Å². The van der Waals surface area contributed by atoms with Gasteiger partial charge in [-0.2, -0.15) is 0 Å². The van der Waals surface area contributed by atoms with Crippen molar-refractivity contribution >= 4 is 0 Å². The van der Waals surface area contributed by atoms with E-state index < -0.39 is 6.10 Å². The SMILES string of the molecule is COc1cc2c(cc1OC)C[C@H](O)[C@@H](c1ccccc1)OC2. The maximum atomic E-state index is 10.5. The Hall–Kier alpha value is -2.04. The van der Waals surface area contributed by atoms with E-state index in [1.165, 1.54) is 0 Å². The van der Waals surface area contributed by atoms with Crippen molar-refractivity contribution in [1.82, 2.24) is 0 Å². The molecule has 4 heteroatoms. The standard InChI is InChI=1S/C18H20O4/c1-20-16-9-13-8-15(19)18(12-6-4-3-5-7-12)22-11-14(13)10-17(16)21-2/h3-7,9-10,15,18-19H,8,11H2,1-2H3/t15-,18+/m0/s1. The van der Waals surface area contributed by atoms with E-state index in [1.807, 2.05) is 42.5 Å². The number of ether oxygens (including phenoxy) is 3. The third-order valence-electron chi connectivity index (χ3n) is 4.03. The predicted octanol–water partition coefficient (Wildman–Crippen LogP) is 2.88. The lowest BCUT2D eigenvalue weighted by Crippen LogP contribution is -2.21. The van der Waals surface area contributed by atoms with E-state index in [9.17, 15) is 5.11 Å². The minimum atomic E-state index is -0.596. The number of rotatable bonds is 3. The van der Waals surface area contributed by atoms with Crippen molar-refractivity contribution in [2.45, 2.75) is 25.2 Å². The van der Waals surface area contributed by atoms with E-state index in [-0.39, 0.29) is 6.10 Å². The lowest BCUT2D eigenvalue weighted by molar-refractivity contribution is -0.0406. The fourth-order valence-electron chi connectivity index (χ4n) is 2.87. The van der Waals surface area contributed by atoms with Gasteiger partial charge < -0.3 is 19.3 Å². The molecular weight excluding hydrogens is 280 g/mol. The second-order valence-corrected chi connectivity index (χ2v) is 5.39. The van der Waals surface area contributed by atoms with Crippen LogP contribution in [0.4, 0.5) is 0 Å². The lowest BCUT2D eigenvalue weighted by Gasteiger charge is -2.20. The van der Waals surface area contributed by atoms with Gasteiger partial charge in [0.05, 0.1) is 26.9 Å². The van der Waals surface area contributed by atoms with Crippen LogP contribution in [0.1, 0.15) is 22.8 Å². The van der Waals surface area contributed by atoms with Crippen molar-refractivity contribution in [1.29, 1.82) is 0 Å². The van der Waals surface area contributed by atoms with Gasteiger partial charge in [-0.15, -0.1) is 0 Å². The summed E-state index contributed by atoms with van der Waals surface area (Å²) in [5.41, 5.74) is 3.04. The fraction of sp³-hybridized carbons (Fsp3) is 0.333. The van der Waals surface area contributed by atoms with Crippen LogP contribution >= 0.6 is 0 Å². The highest BCUT2D eigenvalue weighted by Gasteiger charge is 2.27. The third-order valence-corrected chi connectivity index (χ3v) is 4.03. The molecule has 2 aromatic rings. The fourth-order valence-corrected chi connectivity index (χ4v) is 2.87. The predicted molar refractivity (Wildman–Crippen MR) is 83.2 cm³/mol. The molecule has 0 amide bonds. The summed E-state index contributed by atoms with van der Waals surface area (Å²) in [5.74, 6) is 1.35. The average molecular weight is 300 g/mol. The highest BCUT2D eigenvalue weighted by atomic mass is 16.5. The first kappa shape index (κ1) is 14.9. The Balaban J connectivity index is 1.92. The molecule has 1 heterocycles. The number of hydrogen-bond donors (Lipinski definition) is 1. The molecule has 1 aliphatic rings. The highest BCUT2D eigenvalue weighted by Crippen LogP contribution is 2.36. The number of aliphatic hydroxyl groups excluding tert-OH is 1. The smallest absolute Gasteiger partial charge is 0.161 e. The van der Waals surface area contributed by atoms with Gasteiger partial charge in [-0.05, 0) is 28.8 Å². The molecule has 0 saturated carbocycles. The van der Waals surface area contributed by atoms with Gasteiger partial charge in [0.1, 0.15) is 6.10 Å². The summed E-state index contributed by atoms with van der Waals surface area (Å²) >= 11 is 0. The summed E-state index contributed by atoms with van der Waals surface area (Å²) in [6.07, 6.45) is -0.401. The molecule has 116 valence electrons. The molecule has 3 rings (SSSR count). The van der Waals surface area contributed by atoms with Crippen LogP contribution in [0.15, 0.2) is 42.5 Å². The van der Waals surface area contributed by atoms with E-state index in [0.717, 1.165) is 16.7 Å². The van der Waals surface area contributed by atoms with Gasteiger partial charge >= 0.3 is 0 Å². The molecule has 1 N–H and O–H groups in total. The molecule has 2 atom stereocenters. The average Bonchev–Trinajstić information content (AvgIpc) is 2.72. The normalized spacial score (nSPS) is 20.9. The molecule has 0 radical (unpaired) electrons. The molecule has 0 bridgehead atoms. The van der Waals surface area contributed by atoms with Crippen LogP contribution in [0, 0.1) is 0 Å². The highest BCUT2D eigenvalue weighted by molar-refractivity contribution is 5.48. The Bertz CT molecular complexity index is 639. The van der Waals surface area contributed by atoms with Crippen LogP contribution in [0.5, 0.6) is 11.5 Å². The van der Waals surface area contributed by atoms with E-state index in [1.54, 1.807) is 14.2 Å². The van der Waals surface area contributed by atoms with Crippen molar-refractivity contribution < 1.29 is 19.3 Å². The zero-order chi connectivity index (χ0) is 15.5. The maximum absolute atomic E-state index is 10.5. The zero-order valence-corrected chi connectivity index (χ0v) is 12.8. The Labute approximate surface area is 130 Å². The number of hydrogen-bond acceptors (Lipinski definition) is 4. The third kappa shape index (κ3) is 2.80. The van der Waals surface area contributed by atoms with Crippen LogP contribution in [-0.2, 0) is 17.8 Å². The van der Waals surface area contributed by atoms with Crippen LogP contribution in [0.3, 0.4) is 0 Å². The largest absolute Gasteiger partial charge is 0.493 e. The quantitative estimate of drug-likeness (QED) is 0.947. The number of aliphatic hydroxyl groups is 1. The van der Waals surface area contributed by atoms with Crippen LogP contribution in [0.2, 0.25) is 0 Å². The van der Waals surface area contributed by atoms with Gasteiger partial charge in [0.25, 0.3) is 0 Å². The Morgan fingerprint density at radius 2 is 1.64 bits per heavy atom. The molecule has 0 unspecified atom stereocenters. The van der Waals surface area contributed by atoms with E-state index in [2.05, 4.69) is 0 Å². The molecule has 0 spiro atoms. The number of methoxy groups -OCH3 is 2. The lowest BCUT2D eigenvalue weighted by atomic mass is 9.97. The molecule has 0 fully saturated rings. The van der Waals surface area contributed by atoms with Crippen LogP contribution in [0.25, 0.3) is 0 Å². The topological polar surface area (TPSA) is 47.9 Å². The Morgan fingerprint density at radius 3 is 2.27 bits per heavy atom. The summed E-state index contributed by atoms with van der Waals surface area (Å²) in [6, 6.07) is 13.7. The van der Waals surface area contributed by atoms with Gasteiger partial charge in [-0.3, -0.25) is 0 Å². The molecule has 22 heavy (non-hydrogen) atoms. The first-order valence-corrected chi connectivity index (χ1v) is 7.31. The monoisotopic (exact) mass is 300 g/mol. The van der Waals surface area contributed by atoms with Gasteiger partial charge in [0.15, 0.2) is 11.5 Å². The summed E-state index contributed by atoms with van der Waals surface area (Å²) in [6.45, 7) is 0.437. The van der Waals surface area contributed by atoms with E-state index in [0.29, 0.717) is 24.5 Å². The second-order valence-electron chi connectivity index (χ2n) is 5.39. The molecule has 1 aliphatic heterocycles. The van der Waals surface area contributed by atoms with Gasteiger partial charge in [-0.1, -0.05) is 30.3 Å². The maximum Gasteiger partial charge on any atom is 0.161 e. The molecule has 4 nitrogen and oxygen atoms in total. The number of fused-ring (bicyclic) bond motifs is 1. The van der Waals surface area contributed by atoms with E-state index >= 15 is 0 Å². The van der Waals surface area contributed by atoms with Crippen molar-refractivity contribution in [2.24, 2.45) is 0 Å². The van der Waals surface area contributed by atoms with Gasteiger partial charge in [0.2, 0.25) is 0 Å². The van der Waals surface area contributed by atoms with Crippen molar-refractivity contribution in [3.05, 3.63) is 59.2 Å². The van der Waals surface area contributed by atoms with Gasteiger partial charge in [-0.25, -0.2) is 0 Å². The molecular formula is C18H20O4. The summed E-state index contributed by atoms with van der Waals surface area (Å²) in [7, 11) is 3.23. The second kappa shape index (κ2) is 6.38. The van der Waals surface area contributed by atoms with Crippen molar-refractivity contribution in [3.8, 4) is 11.5 Å². The minimum absolute atomic E-state index is 0.328. The van der Waals surface area contributed by atoms with E-state index in [4.69, 9.17) is 14.2 Å². The van der Waals surface area contributed by atoms with Crippen LogP contribution < -0.4 is 9.47 Å². The Kier molecular flexibility index (Phi) is 4.32. The van der Waals surface area contributed by atoms with Gasteiger partial charge in [0, 0.05) is 6.42 Å². The summed E-state index contributed by atoms with van der Waals surface area (Å²) in [4.78, 5) is 0. The van der Waals surface area contributed by atoms with Crippen molar-refractivity contribution in [2.75, 3.05) is 14.2 Å². The number of benzene rings is 2. The first-order chi connectivity index (χ1) is 10.7. The molecule has 0 saturated heterocycles. The molecule has 0 aliphatic carbocycles. The summed E-state index contributed by atoms with van der Waals surface area (Å²) in [5, 5.41) is 10.5. The minimum Gasteiger partial charge on any atom is -0.493 e. The first-order valence-electron chi connectivity index (χ1n) is 7.31. The molecule has 2 aromatic carbocycles. The molecule has 0 aromatic heterocycles. The Morgan fingerprint density at radius 1 is 1.00 bits per heavy atom.